The van der Waals surface area contributed by atoms with E-state index in [9.17, 15) is 19.8 Å². The highest BCUT2D eigenvalue weighted by Crippen LogP contribution is 2.33. The highest BCUT2D eigenvalue weighted by atomic mass is 16.3. The molecular weight excluding hydrogens is 232 g/mol. The van der Waals surface area contributed by atoms with Gasteiger partial charge in [-0.1, -0.05) is 0 Å². The number of ketones is 2. The molecule has 2 rings (SSSR count). The molecule has 2 aromatic rings. The van der Waals surface area contributed by atoms with Crippen LogP contribution in [0.2, 0.25) is 0 Å². The van der Waals surface area contributed by atoms with E-state index in [1.807, 2.05) is 0 Å². The zero-order valence-corrected chi connectivity index (χ0v) is 10.0. The topological polar surface area (TPSA) is 74.6 Å². The van der Waals surface area contributed by atoms with Gasteiger partial charge >= 0.3 is 0 Å². The molecule has 0 saturated heterocycles. The molecular formula is C14H12O4. The van der Waals surface area contributed by atoms with Gasteiger partial charge in [0.15, 0.2) is 11.6 Å². The number of carbonyl (C=O) groups is 2. The Labute approximate surface area is 103 Å². The summed E-state index contributed by atoms with van der Waals surface area (Å²) in [6.07, 6.45) is 0. The molecule has 0 radical (unpaired) electrons. The number of phenolic OH excluding ortho intramolecular Hbond substituents is 2. The van der Waals surface area contributed by atoms with E-state index in [0.717, 1.165) is 0 Å². The molecule has 0 aliphatic carbocycles. The van der Waals surface area contributed by atoms with Crippen LogP contribution in [-0.4, -0.2) is 21.8 Å². The number of fused-ring (bicyclic) bond motifs is 1. The Morgan fingerprint density at radius 2 is 1.11 bits per heavy atom. The Bertz CT molecular complexity index is 612. The van der Waals surface area contributed by atoms with Gasteiger partial charge < -0.3 is 10.2 Å². The molecule has 0 spiro atoms. The average molecular weight is 244 g/mol. The van der Waals surface area contributed by atoms with Crippen LogP contribution < -0.4 is 0 Å². The molecule has 2 aromatic carbocycles. The van der Waals surface area contributed by atoms with Gasteiger partial charge in [0.25, 0.3) is 0 Å². The van der Waals surface area contributed by atoms with Gasteiger partial charge in [0.05, 0.1) is 11.1 Å². The second-order valence-electron chi connectivity index (χ2n) is 4.13. The molecule has 0 saturated carbocycles. The average Bonchev–Trinajstić information content (AvgIpc) is 2.27. The van der Waals surface area contributed by atoms with Crippen LogP contribution >= 0.6 is 0 Å². The van der Waals surface area contributed by atoms with Gasteiger partial charge in [0, 0.05) is 0 Å². The molecule has 0 unspecified atom stereocenters. The van der Waals surface area contributed by atoms with Crippen LogP contribution in [0.3, 0.4) is 0 Å². The lowest BCUT2D eigenvalue weighted by Crippen LogP contribution is -1.99. The number of aromatic hydroxyl groups is 2. The Hall–Kier alpha value is -2.36. The third-order valence-electron chi connectivity index (χ3n) is 2.86. The Kier molecular flexibility index (Phi) is 2.79. The minimum Gasteiger partial charge on any atom is -0.507 e. The monoisotopic (exact) mass is 244 g/mol. The summed E-state index contributed by atoms with van der Waals surface area (Å²) in [4.78, 5) is 23.1. The summed E-state index contributed by atoms with van der Waals surface area (Å²) >= 11 is 0. The summed E-state index contributed by atoms with van der Waals surface area (Å²) in [5, 5.41) is 20.3. The van der Waals surface area contributed by atoms with E-state index in [1.165, 1.54) is 38.1 Å². The molecule has 4 nitrogen and oxygen atoms in total. The molecule has 0 bridgehead atoms. The van der Waals surface area contributed by atoms with Crippen molar-refractivity contribution < 1.29 is 19.8 Å². The summed E-state index contributed by atoms with van der Waals surface area (Å²) in [6, 6.07) is 5.75. The lowest BCUT2D eigenvalue weighted by atomic mass is 9.95. The highest BCUT2D eigenvalue weighted by molar-refractivity contribution is 6.16. The summed E-state index contributed by atoms with van der Waals surface area (Å²) in [6.45, 7) is 2.68. The smallest absolute Gasteiger partial charge is 0.164 e. The molecule has 4 heteroatoms. The lowest BCUT2D eigenvalue weighted by Gasteiger charge is -2.10. The Morgan fingerprint density at radius 3 is 1.39 bits per heavy atom. The van der Waals surface area contributed by atoms with E-state index in [-0.39, 0.29) is 34.2 Å². The van der Waals surface area contributed by atoms with E-state index < -0.39 is 0 Å². The van der Waals surface area contributed by atoms with Crippen molar-refractivity contribution in [2.75, 3.05) is 0 Å². The van der Waals surface area contributed by atoms with Gasteiger partial charge in [0.2, 0.25) is 0 Å². The lowest BCUT2D eigenvalue weighted by molar-refractivity contribution is 0.100. The van der Waals surface area contributed by atoms with Crippen LogP contribution in [0, 0.1) is 0 Å². The maximum Gasteiger partial charge on any atom is 0.164 e. The van der Waals surface area contributed by atoms with E-state index >= 15 is 0 Å². The Balaban J connectivity index is 2.98. The molecule has 2 N–H and O–H groups in total. The molecule has 0 heterocycles. The van der Waals surface area contributed by atoms with Crippen LogP contribution in [0.15, 0.2) is 24.3 Å². The standard InChI is InChI=1S/C14H12O4/c1-7(15)13-9-3-6-12(18)14(8(2)16)10(9)4-5-11(13)17/h3-6,17-18H,1-2H3. The number of Topliss-reactive ketones (excluding diaryl/α,β-unsaturated/α-hetero) is 2. The molecule has 0 aromatic heterocycles. The quantitative estimate of drug-likeness (QED) is 0.796. The number of hydrogen-bond donors (Lipinski definition) is 2. The zero-order valence-electron chi connectivity index (χ0n) is 10.0. The maximum atomic E-state index is 11.5. The number of phenols is 2. The van der Waals surface area contributed by atoms with Crippen molar-refractivity contribution in [2.24, 2.45) is 0 Å². The molecule has 0 atom stereocenters. The first-order chi connectivity index (χ1) is 8.43. The van der Waals surface area contributed by atoms with Crippen molar-refractivity contribution in [3.8, 4) is 11.5 Å². The molecule has 18 heavy (non-hydrogen) atoms. The predicted octanol–water partition coefficient (Wildman–Crippen LogP) is 2.66. The number of rotatable bonds is 2. The van der Waals surface area contributed by atoms with Gasteiger partial charge in [-0.25, -0.2) is 0 Å². The number of benzene rings is 2. The third kappa shape index (κ3) is 1.72. The fourth-order valence-electron chi connectivity index (χ4n) is 2.12. The van der Waals surface area contributed by atoms with Crippen molar-refractivity contribution in [2.45, 2.75) is 13.8 Å². The summed E-state index contributed by atoms with van der Waals surface area (Å²) in [5.74, 6) is -0.845. The molecule has 0 aliphatic heterocycles. The zero-order chi connectivity index (χ0) is 13.4. The normalized spacial score (nSPS) is 10.6. The molecule has 0 aliphatic rings. The summed E-state index contributed by atoms with van der Waals surface area (Å²) in [5.41, 5.74) is 0.324. The summed E-state index contributed by atoms with van der Waals surface area (Å²) < 4.78 is 0. The third-order valence-corrected chi connectivity index (χ3v) is 2.86. The van der Waals surface area contributed by atoms with Crippen molar-refractivity contribution >= 4 is 22.3 Å². The first-order valence-corrected chi connectivity index (χ1v) is 5.43. The highest BCUT2D eigenvalue weighted by Gasteiger charge is 2.17. The predicted molar refractivity (Wildman–Crippen MR) is 67.3 cm³/mol. The molecule has 0 amide bonds. The number of hydrogen-bond acceptors (Lipinski definition) is 4. The van der Waals surface area contributed by atoms with Gasteiger partial charge in [-0.2, -0.15) is 0 Å². The van der Waals surface area contributed by atoms with E-state index in [2.05, 4.69) is 0 Å². The first-order valence-electron chi connectivity index (χ1n) is 5.43. The maximum absolute atomic E-state index is 11.5. The van der Waals surface area contributed by atoms with Gasteiger partial charge in [-0.15, -0.1) is 0 Å². The van der Waals surface area contributed by atoms with Crippen LogP contribution in [0.25, 0.3) is 10.8 Å². The van der Waals surface area contributed by atoms with Crippen LogP contribution in [0.4, 0.5) is 0 Å². The van der Waals surface area contributed by atoms with Crippen LogP contribution in [0.1, 0.15) is 34.6 Å². The van der Waals surface area contributed by atoms with Crippen molar-refractivity contribution in [3.63, 3.8) is 0 Å². The second kappa shape index (κ2) is 4.14. The summed E-state index contributed by atoms with van der Waals surface area (Å²) in [7, 11) is 0. The minimum atomic E-state index is -0.293. The van der Waals surface area contributed by atoms with E-state index in [0.29, 0.717) is 10.8 Å². The largest absolute Gasteiger partial charge is 0.507 e. The first kappa shape index (κ1) is 12.1. The Morgan fingerprint density at radius 1 is 0.778 bits per heavy atom. The number of carbonyl (C=O) groups excluding carboxylic acids is 2. The van der Waals surface area contributed by atoms with Crippen LogP contribution in [-0.2, 0) is 0 Å². The van der Waals surface area contributed by atoms with E-state index in [4.69, 9.17) is 0 Å². The van der Waals surface area contributed by atoms with Crippen molar-refractivity contribution in [3.05, 3.63) is 35.4 Å². The molecule has 92 valence electrons. The van der Waals surface area contributed by atoms with Gasteiger partial charge in [-0.05, 0) is 48.9 Å². The fraction of sp³-hybridized carbons (Fsp3) is 0.143. The van der Waals surface area contributed by atoms with Crippen molar-refractivity contribution in [1.82, 2.24) is 0 Å². The van der Waals surface area contributed by atoms with Crippen LogP contribution in [0.5, 0.6) is 11.5 Å². The second-order valence-corrected chi connectivity index (χ2v) is 4.13. The SMILES string of the molecule is CC(=O)c1c(O)ccc2c(C(C)=O)c(O)ccc12. The van der Waals surface area contributed by atoms with E-state index in [1.54, 1.807) is 0 Å². The fourth-order valence-corrected chi connectivity index (χ4v) is 2.12. The van der Waals surface area contributed by atoms with Gasteiger partial charge in [-0.3, -0.25) is 9.59 Å². The van der Waals surface area contributed by atoms with Gasteiger partial charge in [0.1, 0.15) is 11.5 Å². The molecule has 0 fully saturated rings. The van der Waals surface area contributed by atoms with Crippen molar-refractivity contribution in [1.29, 1.82) is 0 Å². The minimum absolute atomic E-state index is 0.129.